The van der Waals surface area contributed by atoms with Crippen LogP contribution in [0.25, 0.3) is 0 Å². The number of phenols is 1. The van der Waals surface area contributed by atoms with Gasteiger partial charge in [-0.2, -0.15) is 0 Å². The topological polar surface area (TPSA) is 83.8 Å². The van der Waals surface area contributed by atoms with Gasteiger partial charge in [0.1, 0.15) is 5.75 Å². The number of esters is 1. The smallest absolute Gasteiger partial charge is 0.341 e. The van der Waals surface area contributed by atoms with Crippen LogP contribution in [-0.2, 0) is 20.7 Å². The van der Waals surface area contributed by atoms with Crippen LogP contribution in [0.15, 0.2) is 36.9 Å². The molecule has 0 radical (unpaired) electrons. The summed E-state index contributed by atoms with van der Waals surface area (Å²) in [6.07, 6.45) is 2.70. The second-order valence-corrected chi connectivity index (χ2v) is 3.33. The van der Waals surface area contributed by atoms with Crippen LogP contribution in [0.2, 0.25) is 0 Å². The van der Waals surface area contributed by atoms with Crippen molar-refractivity contribution in [1.29, 1.82) is 0 Å². The lowest BCUT2D eigenvalue weighted by molar-refractivity contribution is -0.153. The van der Waals surface area contributed by atoms with Crippen LogP contribution in [0.5, 0.6) is 5.75 Å². The normalized spacial score (nSPS) is 8.72. The van der Waals surface area contributed by atoms with E-state index in [0.29, 0.717) is 5.75 Å². The molecular formula is C13H16O5. The second kappa shape index (κ2) is 8.81. The van der Waals surface area contributed by atoms with Crippen molar-refractivity contribution in [3.63, 3.8) is 0 Å². The van der Waals surface area contributed by atoms with Gasteiger partial charge >= 0.3 is 11.9 Å². The minimum absolute atomic E-state index is 0.313. The van der Waals surface area contributed by atoms with E-state index >= 15 is 0 Å². The van der Waals surface area contributed by atoms with E-state index < -0.39 is 18.5 Å². The Morgan fingerprint density at radius 3 is 2.22 bits per heavy atom. The molecule has 0 unspecified atom stereocenters. The highest BCUT2D eigenvalue weighted by Gasteiger charge is 1.97. The predicted octanol–water partition coefficient (Wildman–Crippen LogP) is 1.75. The fourth-order valence-electron chi connectivity index (χ4n) is 0.962. The molecule has 0 aliphatic rings. The molecule has 0 bridgehead atoms. The Morgan fingerprint density at radius 1 is 1.33 bits per heavy atom. The minimum atomic E-state index is -1.14. The number of aliphatic carboxylic acids is 1. The number of carbonyl (C=O) groups excluding carboxylic acids is 1. The van der Waals surface area contributed by atoms with E-state index in [4.69, 9.17) is 10.2 Å². The van der Waals surface area contributed by atoms with E-state index in [1.807, 2.05) is 18.2 Å². The molecule has 1 aromatic rings. The molecule has 0 aliphatic carbocycles. The number of rotatable bonds is 4. The summed E-state index contributed by atoms with van der Waals surface area (Å²) in [5, 5.41) is 16.8. The van der Waals surface area contributed by atoms with E-state index in [2.05, 4.69) is 11.3 Å². The van der Waals surface area contributed by atoms with Crippen molar-refractivity contribution in [2.75, 3.05) is 6.61 Å². The van der Waals surface area contributed by atoms with Gasteiger partial charge in [-0.3, -0.25) is 4.79 Å². The molecule has 0 aliphatic heterocycles. The Kier molecular flexibility index (Phi) is 7.68. The monoisotopic (exact) mass is 252 g/mol. The molecule has 0 heterocycles. The van der Waals surface area contributed by atoms with Crippen LogP contribution in [0.3, 0.4) is 0 Å². The van der Waals surface area contributed by atoms with E-state index in [-0.39, 0.29) is 0 Å². The van der Waals surface area contributed by atoms with Crippen LogP contribution in [0.1, 0.15) is 12.5 Å². The molecule has 0 atom stereocenters. The Labute approximate surface area is 105 Å². The zero-order chi connectivity index (χ0) is 14.0. The van der Waals surface area contributed by atoms with Gasteiger partial charge in [0.05, 0.1) is 0 Å². The summed E-state index contributed by atoms with van der Waals surface area (Å²) in [7, 11) is 0. The minimum Gasteiger partial charge on any atom is -0.508 e. The van der Waals surface area contributed by atoms with Crippen LogP contribution in [0, 0.1) is 0 Å². The summed E-state index contributed by atoms with van der Waals surface area (Å²) in [6, 6.07) is 7.13. The molecule has 98 valence electrons. The lowest BCUT2D eigenvalue weighted by Crippen LogP contribution is -2.09. The number of aromatic hydroxyl groups is 1. The molecule has 5 heteroatoms. The maximum atomic E-state index is 9.86. The molecule has 5 nitrogen and oxygen atoms in total. The first kappa shape index (κ1) is 15.7. The van der Waals surface area contributed by atoms with Crippen LogP contribution >= 0.6 is 0 Å². The number of carbonyl (C=O) groups is 2. The van der Waals surface area contributed by atoms with Gasteiger partial charge in [-0.05, 0) is 24.1 Å². The average Bonchev–Trinajstić information content (AvgIpc) is 2.31. The lowest BCUT2D eigenvalue weighted by Gasteiger charge is -1.94. The molecule has 18 heavy (non-hydrogen) atoms. The molecular weight excluding hydrogens is 236 g/mol. The number of ether oxygens (including phenoxy) is 1. The number of carboxylic acid groups (broad SMARTS) is 1. The number of hydrogen-bond donors (Lipinski definition) is 2. The summed E-state index contributed by atoms with van der Waals surface area (Å²) in [5.74, 6) is -1.40. The van der Waals surface area contributed by atoms with Gasteiger partial charge in [-0.15, -0.1) is 6.58 Å². The number of phenolic OH excluding ortho intramolecular Hbond substituents is 1. The first-order valence-corrected chi connectivity index (χ1v) is 5.19. The molecule has 0 fully saturated rings. The Hall–Kier alpha value is -2.30. The summed E-state index contributed by atoms with van der Waals surface area (Å²) in [4.78, 5) is 19.5. The highest BCUT2D eigenvalue weighted by atomic mass is 16.5. The molecule has 1 aromatic carbocycles. The van der Waals surface area contributed by atoms with Gasteiger partial charge in [-0.1, -0.05) is 18.2 Å². The van der Waals surface area contributed by atoms with Gasteiger partial charge in [-0.25, -0.2) is 4.79 Å². The van der Waals surface area contributed by atoms with Crippen molar-refractivity contribution in [3.05, 3.63) is 42.5 Å². The van der Waals surface area contributed by atoms with Crippen LogP contribution in [-0.4, -0.2) is 28.8 Å². The fraction of sp³-hybridized carbons (Fsp3) is 0.231. The predicted molar refractivity (Wildman–Crippen MR) is 66.3 cm³/mol. The summed E-state index contributed by atoms with van der Waals surface area (Å²) in [5.41, 5.74) is 1.17. The Morgan fingerprint density at radius 2 is 1.89 bits per heavy atom. The third-order valence-corrected chi connectivity index (χ3v) is 1.72. The molecule has 0 spiro atoms. The molecule has 0 saturated heterocycles. The summed E-state index contributed by atoms with van der Waals surface area (Å²) in [6.45, 7) is 4.23. The zero-order valence-electron chi connectivity index (χ0n) is 10.1. The van der Waals surface area contributed by atoms with Gasteiger partial charge in [0.15, 0.2) is 6.61 Å². The number of carboxylic acids is 1. The first-order chi connectivity index (χ1) is 8.45. The highest BCUT2D eigenvalue weighted by molar-refractivity contribution is 5.73. The van der Waals surface area contributed by atoms with Crippen molar-refractivity contribution in [1.82, 2.24) is 0 Å². The maximum Gasteiger partial charge on any atom is 0.341 e. The number of benzene rings is 1. The third kappa shape index (κ3) is 8.96. The van der Waals surface area contributed by atoms with Gasteiger partial charge in [0, 0.05) is 6.92 Å². The Bertz CT molecular complexity index is 380. The molecule has 0 aromatic heterocycles. The molecule has 0 saturated carbocycles. The van der Waals surface area contributed by atoms with Crippen molar-refractivity contribution < 1.29 is 24.5 Å². The second-order valence-electron chi connectivity index (χ2n) is 3.33. The highest BCUT2D eigenvalue weighted by Crippen LogP contribution is 2.09. The largest absolute Gasteiger partial charge is 0.508 e. The first-order valence-electron chi connectivity index (χ1n) is 5.19. The fourth-order valence-corrected chi connectivity index (χ4v) is 0.962. The van der Waals surface area contributed by atoms with Crippen LogP contribution < -0.4 is 0 Å². The zero-order valence-corrected chi connectivity index (χ0v) is 10.1. The third-order valence-electron chi connectivity index (χ3n) is 1.72. The molecule has 0 amide bonds. The lowest BCUT2D eigenvalue weighted by atomic mass is 10.1. The van der Waals surface area contributed by atoms with E-state index in [1.54, 1.807) is 12.1 Å². The van der Waals surface area contributed by atoms with Crippen molar-refractivity contribution in [3.8, 4) is 5.75 Å². The van der Waals surface area contributed by atoms with E-state index in [0.717, 1.165) is 13.3 Å². The van der Waals surface area contributed by atoms with E-state index in [1.165, 1.54) is 5.56 Å². The number of allylic oxidation sites excluding steroid dienone is 1. The average molecular weight is 252 g/mol. The van der Waals surface area contributed by atoms with Gasteiger partial charge in [0.25, 0.3) is 0 Å². The molecule has 2 N–H and O–H groups in total. The van der Waals surface area contributed by atoms with E-state index in [9.17, 15) is 9.59 Å². The quantitative estimate of drug-likeness (QED) is 0.630. The van der Waals surface area contributed by atoms with Crippen molar-refractivity contribution in [2.45, 2.75) is 13.3 Å². The Balaban J connectivity index is 0.000000331. The van der Waals surface area contributed by atoms with Gasteiger partial charge in [0.2, 0.25) is 0 Å². The van der Waals surface area contributed by atoms with Gasteiger partial charge < -0.3 is 14.9 Å². The van der Waals surface area contributed by atoms with Crippen LogP contribution in [0.4, 0.5) is 0 Å². The summed E-state index contributed by atoms with van der Waals surface area (Å²) >= 11 is 0. The SMILES string of the molecule is C=CCc1ccc(O)cc1.CC(=O)OCC(=O)O. The summed E-state index contributed by atoms with van der Waals surface area (Å²) < 4.78 is 4.06. The maximum absolute atomic E-state index is 9.86. The van der Waals surface area contributed by atoms with Crippen molar-refractivity contribution in [2.24, 2.45) is 0 Å². The standard InChI is InChI=1S/C9H10O.C4H6O4/c1-2-3-8-4-6-9(10)7-5-8;1-3(5)8-2-4(6)7/h2,4-7,10H,1,3H2;2H2,1H3,(H,6,7). The molecule has 1 rings (SSSR count). The van der Waals surface area contributed by atoms with Crippen molar-refractivity contribution >= 4 is 11.9 Å². The number of hydrogen-bond acceptors (Lipinski definition) is 4.